The monoisotopic (exact) mass is 365 g/mol. The minimum Gasteiger partial charge on any atom is -0.352 e. The Kier molecular flexibility index (Phi) is 8.20. The molecule has 1 heterocycles. The molecule has 1 saturated heterocycles. The van der Waals surface area contributed by atoms with E-state index in [2.05, 4.69) is 34.5 Å². The zero-order valence-electron chi connectivity index (χ0n) is 15.0. The van der Waals surface area contributed by atoms with Crippen LogP contribution in [0.2, 0.25) is 0 Å². The fourth-order valence-corrected chi connectivity index (χ4v) is 4.31. The summed E-state index contributed by atoms with van der Waals surface area (Å²) in [5.74, 6) is 1.08. The summed E-state index contributed by atoms with van der Waals surface area (Å²) in [6, 6.07) is 11.0. The van der Waals surface area contributed by atoms with Crippen LogP contribution in [-0.2, 0) is 4.79 Å². The predicted molar refractivity (Wildman–Crippen MR) is 105 cm³/mol. The lowest BCUT2D eigenvalue weighted by Crippen LogP contribution is -2.41. The molecule has 0 radical (unpaired) electrons. The van der Waals surface area contributed by atoms with Gasteiger partial charge in [0.2, 0.25) is 5.91 Å². The Balaban J connectivity index is 0.00000225. The SMILES string of the molecule is Cl.NC[C@@H]1CN(CC(=O)NC2CCCCCC2)C[C@H]1c1ccccc1. The largest absolute Gasteiger partial charge is 0.352 e. The van der Waals surface area contributed by atoms with E-state index in [4.69, 9.17) is 5.73 Å². The summed E-state index contributed by atoms with van der Waals surface area (Å²) in [4.78, 5) is 14.7. The molecular weight excluding hydrogens is 334 g/mol. The van der Waals surface area contributed by atoms with Gasteiger partial charge in [-0.25, -0.2) is 0 Å². The van der Waals surface area contributed by atoms with E-state index >= 15 is 0 Å². The summed E-state index contributed by atoms with van der Waals surface area (Å²) in [7, 11) is 0. The van der Waals surface area contributed by atoms with Crippen LogP contribution in [0.4, 0.5) is 0 Å². The average Bonchev–Trinajstić information content (AvgIpc) is 2.83. The van der Waals surface area contributed by atoms with Crippen molar-refractivity contribution in [1.82, 2.24) is 10.2 Å². The summed E-state index contributed by atoms with van der Waals surface area (Å²) in [5, 5.41) is 3.26. The molecule has 0 spiro atoms. The molecule has 5 heteroatoms. The second-order valence-electron chi connectivity index (χ2n) is 7.46. The van der Waals surface area contributed by atoms with Crippen molar-refractivity contribution in [1.29, 1.82) is 0 Å². The van der Waals surface area contributed by atoms with Crippen molar-refractivity contribution in [2.24, 2.45) is 11.7 Å². The van der Waals surface area contributed by atoms with E-state index in [1.54, 1.807) is 0 Å². The molecule has 140 valence electrons. The third kappa shape index (κ3) is 5.70. The number of nitrogens with one attached hydrogen (secondary N) is 1. The first kappa shape index (κ1) is 20.2. The summed E-state index contributed by atoms with van der Waals surface area (Å²) in [6.45, 7) is 3.05. The molecule has 1 amide bonds. The first-order valence-corrected chi connectivity index (χ1v) is 9.53. The van der Waals surface area contributed by atoms with Crippen molar-refractivity contribution in [2.45, 2.75) is 50.5 Å². The van der Waals surface area contributed by atoms with Gasteiger partial charge in [0.05, 0.1) is 6.54 Å². The van der Waals surface area contributed by atoms with Gasteiger partial charge >= 0.3 is 0 Å². The van der Waals surface area contributed by atoms with Crippen LogP contribution in [0.1, 0.15) is 50.0 Å². The number of halogens is 1. The normalized spacial score (nSPS) is 25.2. The second-order valence-corrected chi connectivity index (χ2v) is 7.46. The van der Waals surface area contributed by atoms with Crippen LogP contribution in [0.25, 0.3) is 0 Å². The number of amides is 1. The van der Waals surface area contributed by atoms with Gasteiger partial charge < -0.3 is 11.1 Å². The van der Waals surface area contributed by atoms with Gasteiger partial charge in [0.15, 0.2) is 0 Å². The van der Waals surface area contributed by atoms with Crippen LogP contribution < -0.4 is 11.1 Å². The molecule has 2 atom stereocenters. The zero-order chi connectivity index (χ0) is 16.8. The number of nitrogens with zero attached hydrogens (tertiary/aromatic N) is 1. The standard InChI is InChI=1S/C20H31N3O.ClH/c21-12-17-13-23(14-19(17)16-8-4-3-5-9-16)15-20(24)22-18-10-6-1-2-7-11-18;/h3-5,8-9,17-19H,1-2,6-7,10-15,21H2,(H,22,24);1H/t17-,19+;/m1./s1. The molecule has 1 saturated carbocycles. The first-order chi connectivity index (χ1) is 11.8. The van der Waals surface area contributed by atoms with Crippen molar-refractivity contribution in [3.63, 3.8) is 0 Å². The Hall–Kier alpha value is -1.10. The Bertz CT molecular complexity index is 517. The summed E-state index contributed by atoms with van der Waals surface area (Å²) < 4.78 is 0. The number of benzene rings is 1. The Morgan fingerprint density at radius 3 is 2.40 bits per heavy atom. The fraction of sp³-hybridized carbons (Fsp3) is 0.650. The number of hydrogen-bond acceptors (Lipinski definition) is 3. The Labute approximate surface area is 157 Å². The van der Waals surface area contributed by atoms with E-state index in [0.717, 1.165) is 25.9 Å². The third-order valence-electron chi connectivity index (χ3n) is 5.63. The smallest absolute Gasteiger partial charge is 0.234 e. The molecule has 25 heavy (non-hydrogen) atoms. The molecule has 2 fully saturated rings. The maximum absolute atomic E-state index is 12.4. The van der Waals surface area contributed by atoms with E-state index in [1.165, 1.54) is 31.2 Å². The Morgan fingerprint density at radius 2 is 1.76 bits per heavy atom. The van der Waals surface area contributed by atoms with Crippen molar-refractivity contribution in [3.8, 4) is 0 Å². The van der Waals surface area contributed by atoms with Gasteiger partial charge in [0.1, 0.15) is 0 Å². The molecule has 1 aromatic carbocycles. The quantitative estimate of drug-likeness (QED) is 0.789. The highest BCUT2D eigenvalue weighted by Crippen LogP contribution is 2.31. The highest BCUT2D eigenvalue weighted by atomic mass is 35.5. The van der Waals surface area contributed by atoms with Crippen LogP contribution in [0.3, 0.4) is 0 Å². The van der Waals surface area contributed by atoms with Gasteiger partial charge in [-0.3, -0.25) is 9.69 Å². The van der Waals surface area contributed by atoms with Crippen LogP contribution >= 0.6 is 12.4 Å². The molecule has 4 nitrogen and oxygen atoms in total. The molecule has 0 bridgehead atoms. The maximum Gasteiger partial charge on any atom is 0.234 e. The van der Waals surface area contributed by atoms with Crippen molar-refractivity contribution >= 4 is 18.3 Å². The average molecular weight is 366 g/mol. The molecule has 2 aliphatic rings. The molecule has 1 aromatic rings. The number of nitrogens with two attached hydrogens (primary N) is 1. The number of rotatable bonds is 5. The number of hydrogen-bond donors (Lipinski definition) is 2. The van der Waals surface area contributed by atoms with Crippen LogP contribution in [0.15, 0.2) is 30.3 Å². The number of likely N-dealkylation sites (tertiary alicyclic amines) is 1. The van der Waals surface area contributed by atoms with Crippen molar-refractivity contribution in [2.75, 3.05) is 26.2 Å². The lowest BCUT2D eigenvalue weighted by atomic mass is 9.89. The predicted octanol–water partition coefficient (Wildman–Crippen LogP) is 2.92. The minimum absolute atomic E-state index is 0. The van der Waals surface area contributed by atoms with Gasteiger partial charge in [-0.1, -0.05) is 56.0 Å². The zero-order valence-corrected chi connectivity index (χ0v) is 15.8. The van der Waals surface area contributed by atoms with Crippen LogP contribution in [0.5, 0.6) is 0 Å². The van der Waals surface area contributed by atoms with E-state index < -0.39 is 0 Å². The van der Waals surface area contributed by atoms with Gasteiger partial charge in [-0.2, -0.15) is 0 Å². The van der Waals surface area contributed by atoms with Gasteiger partial charge in [0, 0.05) is 25.0 Å². The van der Waals surface area contributed by atoms with Gasteiger partial charge in [0.25, 0.3) is 0 Å². The van der Waals surface area contributed by atoms with Crippen LogP contribution in [0, 0.1) is 5.92 Å². The lowest BCUT2D eigenvalue weighted by Gasteiger charge is -2.20. The molecule has 0 aromatic heterocycles. The van der Waals surface area contributed by atoms with E-state index in [0.29, 0.717) is 31.0 Å². The van der Waals surface area contributed by atoms with E-state index in [9.17, 15) is 4.79 Å². The molecule has 3 rings (SSSR count). The highest BCUT2D eigenvalue weighted by Gasteiger charge is 2.33. The third-order valence-corrected chi connectivity index (χ3v) is 5.63. The molecular formula is C20H32ClN3O. The lowest BCUT2D eigenvalue weighted by molar-refractivity contribution is -0.122. The molecule has 0 unspecified atom stereocenters. The van der Waals surface area contributed by atoms with Crippen molar-refractivity contribution < 1.29 is 4.79 Å². The Morgan fingerprint density at radius 1 is 1.08 bits per heavy atom. The highest BCUT2D eigenvalue weighted by molar-refractivity contribution is 5.85. The van der Waals surface area contributed by atoms with E-state index in [1.807, 2.05) is 6.07 Å². The fourth-order valence-electron chi connectivity index (χ4n) is 4.31. The second kappa shape index (κ2) is 10.1. The maximum atomic E-state index is 12.4. The van der Waals surface area contributed by atoms with Gasteiger partial charge in [-0.15, -0.1) is 12.4 Å². The summed E-state index contributed by atoms with van der Waals surface area (Å²) in [5.41, 5.74) is 7.34. The molecule has 3 N–H and O–H groups in total. The summed E-state index contributed by atoms with van der Waals surface area (Å²) in [6.07, 6.45) is 7.42. The number of carbonyl (C=O) groups excluding carboxylic acids is 1. The topological polar surface area (TPSA) is 58.4 Å². The molecule has 1 aliphatic heterocycles. The van der Waals surface area contributed by atoms with Gasteiger partial charge in [-0.05, 0) is 30.9 Å². The number of carbonyl (C=O) groups is 1. The minimum atomic E-state index is 0. The van der Waals surface area contributed by atoms with Crippen molar-refractivity contribution in [3.05, 3.63) is 35.9 Å². The van der Waals surface area contributed by atoms with Crippen LogP contribution in [-0.4, -0.2) is 43.0 Å². The molecule has 1 aliphatic carbocycles. The summed E-state index contributed by atoms with van der Waals surface area (Å²) >= 11 is 0. The first-order valence-electron chi connectivity index (χ1n) is 9.53. The van der Waals surface area contributed by atoms with E-state index in [-0.39, 0.29) is 18.3 Å².